The van der Waals surface area contributed by atoms with Crippen LogP contribution in [0.15, 0.2) is 94.7 Å². The Balaban J connectivity index is 2.29. The Morgan fingerprint density at radius 2 is 1.14 bits per heavy atom. The first-order valence-corrected chi connectivity index (χ1v) is 11.7. The molecule has 0 bridgehead atoms. The first-order chi connectivity index (χ1) is 13.8. The molecule has 0 fully saturated rings. The zero-order chi connectivity index (χ0) is 21.1. The Kier molecular flexibility index (Phi) is 6.16. The van der Waals surface area contributed by atoms with Gasteiger partial charge in [-0.1, -0.05) is 64.4 Å². The second-order valence-corrected chi connectivity index (χ2v) is 10.2. The molecule has 0 saturated heterocycles. The molecule has 0 radical (unpaired) electrons. The zero-order valence-corrected chi connectivity index (χ0v) is 17.3. The topological polar surface area (TPSA) is 71.5 Å². The van der Waals surface area contributed by atoms with Crippen LogP contribution in [0.4, 0.5) is 4.39 Å². The third-order valence-electron chi connectivity index (χ3n) is 4.50. The summed E-state index contributed by atoms with van der Waals surface area (Å²) in [4.78, 5) is -0.460. The van der Waals surface area contributed by atoms with Crippen LogP contribution in [0, 0.1) is 6.92 Å². The number of rotatable bonds is 7. The quantitative estimate of drug-likeness (QED) is 0.563. The number of benzene rings is 3. The number of sulfonamides is 2. The summed E-state index contributed by atoms with van der Waals surface area (Å²) < 4.78 is 68.3. The molecule has 1 atom stereocenters. The van der Waals surface area contributed by atoms with Crippen LogP contribution in [0.5, 0.6) is 0 Å². The lowest BCUT2D eigenvalue weighted by Crippen LogP contribution is -2.41. The Morgan fingerprint density at radius 3 is 1.55 bits per heavy atom. The SMILES string of the molecule is Cc1ccccc1C(CF)N(S(=O)(=O)c1ccccc1)S(=O)(=O)c1ccccc1. The maximum Gasteiger partial charge on any atom is 0.257 e. The molecule has 0 spiro atoms. The van der Waals surface area contributed by atoms with Gasteiger partial charge in [0, 0.05) is 0 Å². The fraction of sp³-hybridized carbons (Fsp3) is 0.143. The monoisotopic (exact) mass is 433 g/mol. The van der Waals surface area contributed by atoms with Crippen molar-refractivity contribution in [3.63, 3.8) is 0 Å². The summed E-state index contributed by atoms with van der Waals surface area (Å²) in [6.07, 6.45) is 0. The van der Waals surface area contributed by atoms with Crippen LogP contribution in [0.3, 0.4) is 0 Å². The van der Waals surface area contributed by atoms with Crippen molar-refractivity contribution >= 4 is 20.0 Å². The van der Waals surface area contributed by atoms with Gasteiger partial charge in [0.1, 0.15) is 6.67 Å². The summed E-state index contributed by atoms with van der Waals surface area (Å²) in [5, 5.41) is 0. The van der Waals surface area contributed by atoms with E-state index in [1.54, 1.807) is 37.3 Å². The molecule has 0 saturated carbocycles. The first kappa shape index (κ1) is 21.2. The van der Waals surface area contributed by atoms with Crippen LogP contribution in [0.25, 0.3) is 0 Å². The minimum atomic E-state index is -4.58. The molecule has 3 rings (SSSR count). The van der Waals surface area contributed by atoms with Gasteiger partial charge < -0.3 is 0 Å². The normalized spacial score (nSPS) is 13.3. The van der Waals surface area contributed by atoms with E-state index in [1.807, 2.05) is 0 Å². The van der Waals surface area contributed by atoms with Crippen LogP contribution in [0.2, 0.25) is 0 Å². The van der Waals surface area contributed by atoms with E-state index >= 15 is 0 Å². The number of alkyl halides is 1. The Hall–Kier alpha value is -2.55. The van der Waals surface area contributed by atoms with Crippen LogP contribution in [-0.2, 0) is 20.0 Å². The third kappa shape index (κ3) is 4.10. The molecule has 0 aliphatic rings. The lowest BCUT2D eigenvalue weighted by molar-refractivity contribution is 0.338. The Morgan fingerprint density at radius 1 is 0.724 bits per heavy atom. The second-order valence-electron chi connectivity index (χ2n) is 6.39. The van der Waals surface area contributed by atoms with Gasteiger partial charge in [-0.25, -0.2) is 21.2 Å². The van der Waals surface area contributed by atoms with Gasteiger partial charge in [-0.05, 0) is 42.3 Å². The molecular formula is C21H20FNO4S2. The maximum atomic E-state index is 14.3. The molecule has 3 aromatic carbocycles. The van der Waals surface area contributed by atoms with Crippen molar-refractivity contribution in [1.82, 2.24) is 3.71 Å². The number of aryl methyl sites for hydroxylation is 1. The minimum Gasteiger partial charge on any atom is -0.249 e. The highest BCUT2D eigenvalue weighted by Gasteiger charge is 2.43. The number of hydrogen-bond acceptors (Lipinski definition) is 4. The predicted octanol–water partition coefficient (Wildman–Crippen LogP) is 4.09. The van der Waals surface area contributed by atoms with E-state index in [0.717, 1.165) is 0 Å². The van der Waals surface area contributed by atoms with Crippen LogP contribution >= 0.6 is 0 Å². The van der Waals surface area contributed by atoms with Gasteiger partial charge in [0.25, 0.3) is 20.0 Å². The summed E-state index contributed by atoms with van der Waals surface area (Å²) in [6.45, 7) is 0.476. The van der Waals surface area contributed by atoms with Gasteiger partial charge in [-0.15, -0.1) is 0 Å². The maximum absolute atomic E-state index is 14.3. The molecule has 0 aliphatic heterocycles. The van der Waals surface area contributed by atoms with Crippen molar-refractivity contribution in [1.29, 1.82) is 0 Å². The van der Waals surface area contributed by atoms with Gasteiger partial charge in [-0.3, -0.25) is 0 Å². The summed E-state index contributed by atoms with van der Waals surface area (Å²) in [7, 11) is -9.16. The lowest BCUT2D eigenvalue weighted by Gasteiger charge is -2.29. The summed E-state index contributed by atoms with van der Waals surface area (Å²) in [6, 6.07) is 19.3. The summed E-state index contributed by atoms with van der Waals surface area (Å²) in [5.41, 5.74) is 0.876. The number of nitrogens with zero attached hydrogens (tertiary/aromatic N) is 1. The van der Waals surface area contributed by atoms with Crippen molar-refractivity contribution in [2.75, 3.05) is 6.67 Å². The average Bonchev–Trinajstić information content (AvgIpc) is 2.73. The van der Waals surface area contributed by atoms with E-state index in [2.05, 4.69) is 0 Å². The third-order valence-corrected chi connectivity index (χ3v) is 8.87. The fourth-order valence-corrected chi connectivity index (χ4v) is 7.05. The van der Waals surface area contributed by atoms with Crippen molar-refractivity contribution in [3.8, 4) is 0 Å². The van der Waals surface area contributed by atoms with E-state index in [1.165, 1.54) is 54.6 Å². The molecule has 8 heteroatoms. The molecule has 0 N–H and O–H groups in total. The highest BCUT2D eigenvalue weighted by Crippen LogP contribution is 2.35. The molecule has 152 valence electrons. The van der Waals surface area contributed by atoms with Crippen LogP contribution < -0.4 is 0 Å². The largest absolute Gasteiger partial charge is 0.257 e. The number of halogens is 1. The molecule has 0 aromatic heterocycles. The Labute approximate surface area is 170 Å². The molecule has 0 aliphatic carbocycles. The summed E-state index contributed by atoms with van der Waals surface area (Å²) >= 11 is 0. The van der Waals surface area contributed by atoms with E-state index in [-0.39, 0.29) is 15.4 Å². The van der Waals surface area contributed by atoms with E-state index in [0.29, 0.717) is 9.27 Å². The van der Waals surface area contributed by atoms with Crippen molar-refractivity contribution in [2.24, 2.45) is 0 Å². The van der Waals surface area contributed by atoms with Gasteiger partial charge >= 0.3 is 0 Å². The average molecular weight is 434 g/mol. The fourth-order valence-electron chi connectivity index (χ4n) is 3.07. The minimum absolute atomic E-state index is 0.230. The zero-order valence-electron chi connectivity index (χ0n) is 15.6. The molecule has 0 amide bonds. The molecule has 0 heterocycles. The van der Waals surface area contributed by atoms with Gasteiger partial charge in [-0.2, -0.15) is 0 Å². The standard InChI is InChI=1S/C21H20FNO4S2/c1-17-10-8-9-15-20(17)21(16-22)23(28(24,25)18-11-4-2-5-12-18)29(26,27)19-13-6-3-7-14-19/h2-15,21H,16H2,1H3. The molecule has 3 aromatic rings. The predicted molar refractivity (Wildman–Crippen MR) is 109 cm³/mol. The molecule has 1 unspecified atom stereocenters. The highest BCUT2D eigenvalue weighted by molar-refractivity contribution is 8.04. The molecule has 5 nitrogen and oxygen atoms in total. The molecular weight excluding hydrogens is 413 g/mol. The molecule has 29 heavy (non-hydrogen) atoms. The second kappa shape index (κ2) is 8.44. The van der Waals surface area contributed by atoms with Gasteiger partial charge in [0.05, 0.1) is 15.8 Å². The number of hydrogen-bond donors (Lipinski definition) is 0. The smallest absolute Gasteiger partial charge is 0.249 e. The van der Waals surface area contributed by atoms with Crippen LogP contribution in [-0.4, -0.2) is 27.2 Å². The van der Waals surface area contributed by atoms with E-state index in [9.17, 15) is 21.2 Å². The van der Waals surface area contributed by atoms with Gasteiger partial charge in [0.15, 0.2) is 0 Å². The van der Waals surface area contributed by atoms with E-state index < -0.39 is 32.8 Å². The van der Waals surface area contributed by atoms with E-state index in [4.69, 9.17) is 0 Å². The van der Waals surface area contributed by atoms with Crippen molar-refractivity contribution < 1.29 is 21.2 Å². The highest BCUT2D eigenvalue weighted by atomic mass is 32.3. The van der Waals surface area contributed by atoms with Crippen LogP contribution in [0.1, 0.15) is 17.2 Å². The lowest BCUT2D eigenvalue weighted by atomic mass is 10.0. The van der Waals surface area contributed by atoms with Crippen molar-refractivity contribution in [2.45, 2.75) is 22.8 Å². The first-order valence-electron chi connectivity index (χ1n) is 8.81. The van der Waals surface area contributed by atoms with Crippen molar-refractivity contribution in [3.05, 3.63) is 96.1 Å². The summed E-state index contributed by atoms with van der Waals surface area (Å²) in [5.74, 6) is 0. The Bertz CT molecular complexity index is 1110. The van der Waals surface area contributed by atoms with Gasteiger partial charge in [0.2, 0.25) is 0 Å².